The highest BCUT2D eigenvalue weighted by Gasteiger charge is 2.39. The molecule has 1 aliphatic carbocycles. The van der Waals surface area contributed by atoms with Gasteiger partial charge in [0.05, 0.1) is 12.4 Å². The fraction of sp³-hybridized carbons (Fsp3) is 1.00. The normalized spacial score (nSPS) is 28.2. The highest BCUT2D eigenvalue weighted by molar-refractivity contribution is 7.90. The minimum atomic E-state index is -2.90. The van der Waals surface area contributed by atoms with Crippen molar-refractivity contribution in [1.29, 1.82) is 0 Å². The molecular formula is C13H28N2O3S. The van der Waals surface area contributed by atoms with Crippen molar-refractivity contribution < 1.29 is 13.5 Å². The van der Waals surface area contributed by atoms with Crippen LogP contribution in [-0.2, 0) is 9.84 Å². The molecule has 2 N–H and O–H groups in total. The van der Waals surface area contributed by atoms with E-state index in [1.807, 2.05) is 7.05 Å². The van der Waals surface area contributed by atoms with Crippen LogP contribution in [0.4, 0.5) is 0 Å². The van der Waals surface area contributed by atoms with E-state index in [2.05, 4.69) is 17.1 Å². The zero-order chi connectivity index (χ0) is 14.5. The first-order chi connectivity index (χ1) is 8.82. The minimum absolute atomic E-state index is 0.156. The molecule has 6 heteroatoms. The lowest BCUT2D eigenvalue weighted by molar-refractivity contribution is 0.152. The Balaban J connectivity index is 2.49. The van der Waals surface area contributed by atoms with Gasteiger partial charge in [0.15, 0.2) is 0 Å². The maximum absolute atomic E-state index is 11.2. The number of nitrogens with one attached hydrogen (secondary N) is 1. The third-order valence-corrected chi connectivity index (χ3v) is 5.00. The van der Waals surface area contributed by atoms with Crippen LogP contribution in [0.5, 0.6) is 0 Å². The molecule has 0 amide bonds. The van der Waals surface area contributed by atoms with Crippen molar-refractivity contribution in [3.8, 4) is 0 Å². The molecule has 1 rings (SSSR count). The van der Waals surface area contributed by atoms with Gasteiger partial charge in [-0.25, -0.2) is 8.42 Å². The maximum atomic E-state index is 11.2. The summed E-state index contributed by atoms with van der Waals surface area (Å²) in [5.74, 6) is 0.203. The number of nitrogens with zero attached hydrogens (tertiary/aromatic N) is 1. The fourth-order valence-corrected chi connectivity index (χ4v) is 3.34. The summed E-state index contributed by atoms with van der Waals surface area (Å²) in [6, 6.07) is 0.359. The molecule has 0 aromatic rings. The van der Waals surface area contributed by atoms with Crippen LogP contribution >= 0.6 is 0 Å². The van der Waals surface area contributed by atoms with Crippen LogP contribution in [0.1, 0.15) is 32.6 Å². The number of hydrogen-bond acceptors (Lipinski definition) is 5. The van der Waals surface area contributed by atoms with Gasteiger partial charge in [-0.1, -0.05) is 6.92 Å². The van der Waals surface area contributed by atoms with Crippen LogP contribution in [0.3, 0.4) is 0 Å². The quantitative estimate of drug-likeness (QED) is 0.671. The summed E-state index contributed by atoms with van der Waals surface area (Å²) in [6.45, 7) is 3.76. The molecular weight excluding hydrogens is 264 g/mol. The zero-order valence-electron chi connectivity index (χ0n) is 12.4. The zero-order valence-corrected chi connectivity index (χ0v) is 13.2. The molecule has 114 valence electrons. The Bertz CT molecular complexity index is 372. The fourth-order valence-electron chi connectivity index (χ4n) is 2.72. The van der Waals surface area contributed by atoms with E-state index in [9.17, 15) is 13.5 Å². The van der Waals surface area contributed by atoms with Crippen LogP contribution in [0.15, 0.2) is 0 Å². The molecule has 0 saturated heterocycles. The highest BCUT2D eigenvalue weighted by atomic mass is 32.2. The Morgan fingerprint density at radius 1 is 1.47 bits per heavy atom. The van der Waals surface area contributed by atoms with Gasteiger partial charge in [-0.3, -0.25) is 0 Å². The molecule has 0 aromatic carbocycles. The molecule has 0 aromatic heterocycles. The minimum Gasteiger partial charge on any atom is -0.394 e. The number of rotatable bonds is 8. The Kier molecular flexibility index (Phi) is 6.23. The maximum Gasteiger partial charge on any atom is 0.148 e. The molecule has 5 nitrogen and oxygen atoms in total. The van der Waals surface area contributed by atoms with Crippen molar-refractivity contribution in [2.75, 3.05) is 38.8 Å². The second-order valence-electron chi connectivity index (χ2n) is 5.87. The van der Waals surface area contributed by atoms with Crippen molar-refractivity contribution in [1.82, 2.24) is 10.2 Å². The molecule has 2 atom stereocenters. The summed E-state index contributed by atoms with van der Waals surface area (Å²) in [5, 5.41) is 13.1. The molecule has 0 bridgehead atoms. The lowest BCUT2D eigenvalue weighted by Crippen LogP contribution is -2.48. The van der Waals surface area contributed by atoms with Crippen molar-refractivity contribution in [2.24, 2.45) is 0 Å². The molecule has 0 radical (unpaired) electrons. The highest BCUT2D eigenvalue weighted by Crippen LogP contribution is 2.32. The van der Waals surface area contributed by atoms with Crippen LogP contribution in [0.25, 0.3) is 0 Å². The molecule has 1 aliphatic rings. The largest absolute Gasteiger partial charge is 0.394 e. The van der Waals surface area contributed by atoms with E-state index >= 15 is 0 Å². The van der Waals surface area contributed by atoms with E-state index in [0.717, 1.165) is 32.2 Å². The topological polar surface area (TPSA) is 69.6 Å². The van der Waals surface area contributed by atoms with E-state index in [1.54, 1.807) is 0 Å². The molecule has 1 saturated carbocycles. The third-order valence-electron chi connectivity index (χ3n) is 4.07. The average Bonchev–Trinajstić information content (AvgIpc) is 2.78. The first-order valence-corrected chi connectivity index (χ1v) is 9.12. The van der Waals surface area contributed by atoms with E-state index in [-0.39, 0.29) is 17.9 Å². The van der Waals surface area contributed by atoms with Crippen LogP contribution < -0.4 is 5.32 Å². The molecule has 2 unspecified atom stereocenters. The van der Waals surface area contributed by atoms with Gasteiger partial charge in [-0.2, -0.15) is 0 Å². The van der Waals surface area contributed by atoms with Gasteiger partial charge in [0.1, 0.15) is 9.84 Å². The summed E-state index contributed by atoms with van der Waals surface area (Å²) < 4.78 is 22.4. The summed E-state index contributed by atoms with van der Waals surface area (Å²) in [7, 11) is -0.929. The van der Waals surface area contributed by atoms with Crippen molar-refractivity contribution in [3.05, 3.63) is 0 Å². The lowest BCUT2D eigenvalue weighted by atomic mass is 9.98. The Morgan fingerprint density at radius 2 is 2.16 bits per heavy atom. The van der Waals surface area contributed by atoms with Gasteiger partial charge in [-0.05, 0) is 39.3 Å². The summed E-state index contributed by atoms with van der Waals surface area (Å²) in [6.07, 6.45) is 5.19. The van der Waals surface area contributed by atoms with Gasteiger partial charge in [-0.15, -0.1) is 0 Å². The van der Waals surface area contributed by atoms with Gasteiger partial charge >= 0.3 is 0 Å². The van der Waals surface area contributed by atoms with Gasteiger partial charge in [0.25, 0.3) is 0 Å². The van der Waals surface area contributed by atoms with Crippen molar-refractivity contribution in [3.63, 3.8) is 0 Å². The van der Waals surface area contributed by atoms with E-state index in [0.29, 0.717) is 12.6 Å². The Morgan fingerprint density at radius 3 is 2.68 bits per heavy atom. The van der Waals surface area contributed by atoms with Gasteiger partial charge in [0.2, 0.25) is 0 Å². The average molecular weight is 292 g/mol. The number of aliphatic hydroxyl groups is 1. The number of hydrogen-bond donors (Lipinski definition) is 2. The van der Waals surface area contributed by atoms with Crippen molar-refractivity contribution in [2.45, 2.75) is 44.2 Å². The first kappa shape index (κ1) is 16.9. The van der Waals surface area contributed by atoms with Gasteiger partial charge in [0, 0.05) is 24.4 Å². The summed E-state index contributed by atoms with van der Waals surface area (Å²) >= 11 is 0. The second-order valence-corrected chi connectivity index (χ2v) is 8.13. The first-order valence-electron chi connectivity index (χ1n) is 7.06. The molecule has 0 heterocycles. The lowest BCUT2D eigenvalue weighted by Gasteiger charge is -2.30. The second kappa shape index (κ2) is 7.02. The van der Waals surface area contributed by atoms with E-state index in [4.69, 9.17) is 0 Å². The van der Waals surface area contributed by atoms with Crippen molar-refractivity contribution >= 4 is 9.84 Å². The molecule has 1 fully saturated rings. The van der Waals surface area contributed by atoms with E-state index in [1.165, 1.54) is 6.26 Å². The third kappa shape index (κ3) is 5.38. The predicted octanol–water partition coefficient (Wildman–Crippen LogP) is 0.246. The van der Waals surface area contributed by atoms with Crippen LogP contribution in [-0.4, -0.2) is 68.8 Å². The van der Waals surface area contributed by atoms with E-state index < -0.39 is 9.84 Å². The summed E-state index contributed by atoms with van der Waals surface area (Å²) in [5.41, 5.74) is -0.167. The predicted molar refractivity (Wildman–Crippen MR) is 78.1 cm³/mol. The molecule has 0 spiro atoms. The SMILES string of the molecule is CCCNC1(CO)CCC(N(C)CCS(C)(=O)=O)C1. The van der Waals surface area contributed by atoms with Gasteiger partial charge < -0.3 is 15.3 Å². The number of sulfone groups is 1. The summed E-state index contributed by atoms with van der Waals surface area (Å²) in [4.78, 5) is 2.12. The Hall–Kier alpha value is -0.170. The monoisotopic (exact) mass is 292 g/mol. The van der Waals surface area contributed by atoms with Crippen LogP contribution in [0.2, 0.25) is 0 Å². The smallest absolute Gasteiger partial charge is 0.148 e. The van der Waals surface area contributed by atoms with Crippen LogP contribution in [0, 0.1) is 0 Å². The number of aliphatic hydroxyl groups excluding tert-OH is 1. The Labute approximate surface area is 117 Å². The molecule has 19 heavy (non-hydrogen) atoms. The standard InChI is InChI=1S/C13H28N2O3S/c1-4-7-14-13(11-16)6-5-12(10-13)15(2)8-9-19(3,17)18/h12,14,16H,4-11H2,1-3H3. The molecule has 0 aliphatic heterocycles.